The summed E-state index contributed by atoms with van der Waals surface area (Å²) in [4.78, 5) is 0. The quantitative estimate of drug-likeness (QED) is 0.554. The highest BCUT2D eigenvalue weighted by atomic mass is 35.5. The number of aromatic nitrogens is 4. The van der Waals surface area contributed by atoms with Crippen LogP contribution in [0.3, 0.4) is 0 Å². The molecule has 0 radical (unpaired) electrons. The summed E-state index contributed by atoms with van der Waals surface area (Å²) in [5, 5.41) is 17.1. The Labute approximate surface area is 179 Å². The number of rotatable bonds is 6. The number of thiocarbonyl (C=S) groups is 1. The van der Waals surface area contributed by atoms with Crippen LogP contribution in [0.2, 0.25) is 10.0 Å². The van der Waals surface area contributed by atoms with E-state index >= 15 is 0 Å². The number of hydrogen-bond donors (Lipinski definition) is 2. The number of nitrogens with zero attached hydrogens (tertiary/aromatic N) is 4. The van der Waals surface area contributed by atoms with Gasteiger partial charge in [-0.2, -0.15) is 10.2 Å². The van der Waals surface area contributed by atoms with E-state index in [9.17, 15) is 0 Å². The molecule has 0 atom stereocenters. The lowest BCUT2D eigenvalue weighted by atomic mass is 10.2. The van der Waals surface area contributed by atoms with E-state index in [0.717, 1.165) is 34.7 Å². The van der Waals surface area contributed by atoms with Gasteiger partial charge < -0.3 is 10.6 Å². The average Bonchev–Trinajstić information content (AvgIpc) is 3.22. The van der Waals surface area contributed by atoms with Crippen LogP contribution in [0.25, 0.3) is 0 Å². The van der Waals surface area contributed by atoms with Crippen LogP contribution in [0.5, 0.6) is 0 Å². The number of nitrogens with one attached hydrogen (secondary N) is 2. The fraction of sp³-hybridized carbons (Fsp3) is 0.316. The molecule has 3 rings (SSSR count). The number of hydrogen-bond acceptors (Lipinski definition) is 3. The SMILES string of the molecule is CCn1cc(CNC(=S)Nc2c(C)nn(Cc3ccc(Cl)cc3Cl)c2C)cn1. The highest BCUT2D eigenvalue weighted by Gasteiger charge is 2.14. The molecule has 0 aliphatic heterocycles. The van der Waals surface area contributed by atoms with Gasteiger partial charge in [0.1, 0.15) is 0 Å². The van der Waals surface area contributed by atoms with E-state index in [1.54, 1.807) is 6.07 Å². The molecule has 0 saturated carbocycles. The normalized spacial score (nSPS) is 10.9. The van der Waals surface area contributed by atoms with E-state index in [0.29, 0.717) is 28.2 Å². The lowest BCUT2D eigenvalue weighted by molar-refractivity contribution is 0.659. The molecular formula is C19H22Cl2N6S. The first-order valence-electron chi connectivity index (χ1n) is 8.91. The summed E-state index contributed by atoms with van der Waals surface area (Å²) in [7, 11) is 0. The molecule has 0 aliphatic carbocycles. The molecule has 1 aromatic carbocycles. The molecule has 2 aromatic heterocycles. The lowest BCUT2D eigenvalue weighted by Crippen LogP contribution is -2.28. The lowest BCUT2D eigenvalue weighted by Gasteiger charge is -2.11. The fourth-order valence-corrected chi connectivity index (χ4v) is 3.50. The Hall–Kier alpha value is -2.09. The van der Waals surface area contributed by atoms with Crippen LogP contribution in [-0.2, 0) is 19.6 Å². The molecule has 148 valence electrons. The van der Waals surface area contributed by atoms with Gasteiger partial charge in [-0.15, -0.1) is 0 Å². The molecule has 0 fully saturated rings. The van der Waals surface area contributed by atoms with Gasteiger partial charge in [-0.05, 0) is 50.7 Å². The minimum absolute atomic E-state index is 0.541. The zero-order chi connectivity index (χ0) is 20.3. The number of benzene rings is 1. The van der Waals surface area contributed by atoms with E-state index in [1.807, 2.05) is 47.7 Å². The summed E-state index contributed by atoms with van der Waals surface area (Å²) >= 11 is 17.7. The third-order valence-corrected chi connectivity index (χ3v) is 5.25. The van der Waals surface area contributed by atoms with E-state index in [2.05, 4.69) is 27.8 Å². The van der Waals surface area contributed by atoms with Crippen molar-refractivity contribution < 1.29 is 0 Å². The van der Waals surface area contributed by atoms with Gasteiger partial charge in [0.2, 0.25) is 0 Å². The smallest absolute Gasteiger partial charge is 0.171 e. The predicted octanol–water partition coefficient (Wildman–Crippen LogP) is 4.56. The van der Waals surface area contributed by atoms with Crippen molar-refractivity contribution in [1.82, 2.24) is 24.9 Å². The van der Waals surface area contributed by atoms with Crippen molar-refractivity contribution in [1.29, 1.82) is 0 Å². The van der Waals surface area contributed by atoms with Crippen molar-refractivity contribution in [3.63, 3.8) is 0 Å². The summed E-state index contributed by atoms with van der Waals surface area (Å²) < 4.78 is 3.79. The second-order valence-electron chi connectivity index (χ2n) is 6.45. The van der Waals surface area contributed by atoms with Crippen LogP contribution in [0, 0.1) is 13.8 Å². The number of halogens is 2. The zero-order valence-corrected chi connectivity index (χ0v) is 18.3. The Kier molecular flexibility index (Phi) is 6.59. The highest BCUT2D eigenvalue weighted by Crippen LogP contribution is 2.25. The van der Waals surface area contributed by atoms with Crippen LogP contribution in [0.15, 0.2) is 30.6 Å². The minimum atomic E-state index is 0.541. The Bertz CT molecular complexity index is 994. The zero-order valence-electron chi connectivity index (χ0n) is 16.0. The van der Waals surface area contributed by atoms with Crippen molar-refractivity contribution in [2.75, 3.05) is 5.32 Å². The number of anilines is 1. The summed E-state index contributed by atoms with van der Waals surface area (Å²) in [6.45, 7) is 8.01. The van der Waals surface area contributed by atoms with Crippen LogP contribution in [-0.4, -0.2) is 24.7 Å². The molecule has 2 N–H and O–H groups in total. The second-order valence-corrected chi connectivity index (χ2v) is 7.70. The molecule has 28 heavy (non-hydrogen) atoms. The number of aryl methyl sites for hydroxylation is 2. The van der Waals surface area contributed by atoms with E-state index in [4.69, 9.17) is 35.4 Å². The maximum Gasteiger partial charge on any atom is 0.171 e. The average molecular weight is 437 g/mol. The van der Waals surface area contributed by atoms with Crippen molar-refractivity contribution in [2.45, 2.75) is 40.4 Å². The summed E-state index contributed by atoms with van der Waals surface area (Å²) in [5.74, 6) is 0. The molecular weight excluding hydrogens is 415 g/mol. The molecule has 0 unspecified atom stereocenters. The first-order valence-corrected chi connectivity index (χ1v) is 10.1. The first kappa shape index (κ1) is 20.6. The van der Waals surface area contributed by atoms with Crippen LogP contribution >= 0.6 is 35.4 Å². The van der Waals surface area contributed by atoms with Gasteiger partial charge >= 0.3 is 0 Å². The van der Waals surface area contributed by atoms with Crippen molar-refractivity contribution in [2.24, 2.45) is 0 Å². The predicted molar refractivity (Wildman–Crippen MR) is 118 cm³/mol. The maximum atomic E-state index is 6.30. The Morgan fingerprint density at radius 3 is 2.71 bits per heavy atom. The van der Waals surface area contributed by atoms with Gasteiger partial charge in [-0.25, -0.2) is 0 Å². The van der Waals surface area contributed by atoms with Gasteiger partial charge in [-0.3, -0.25) is 9.36 Å². The second kappa shape index (κ2) is 8.94. The molecule has 2 heterocycles. The van der Waals surface area contributed by atoms with Crippen LogP contribution in [0.4, 0.5) is 5.69 Å². The molecule has 9 heteroatoms. The van der Waals surface area contributed by atoms with Gasteiger partial charge in [0.25, 0.3) is 0 Å². The standard InChI is InChI=1S/C19H22Cl2N6S/c1-4-26-10-14(9-23-26)8-22-19(28)24-18-12(2)25-27(13(18)3)11-15-5-6-16(20)7-17(15)21/h5-7,9-10H,4,8,11H2,1-3H3,(H2,22,24,28). The van der Waals surface area contributed by atoms with Crippen molar-refractivity contribution >= 4 is 46.2 Å². The van der Waals surface area contributed by atoms with Gasteiger partial charge in [0.15, 0.2) is 5.11 Å². The topological polar surface area (TPSA) is 59.7 Å². The highest BCUT2D eigenvalue weighted by molar-refractivity contribution is 7.80. The Morgan fingerprint density at radius 2 is 2.04 bits per heavy atom. The van der Waals surface area contributed by atoms with Gasteiger partial charge in [-0.1, -0.05) is 29.3 Å². The van der Waals surface area contributed by atoms with E-state index in [-0.39, 0.29) is 0 Å². The molecule has 6 nitrogen and oxygen atoms in total. The van der Waals surface area contributed by atoms with E-state index < -0.39 is 0 Å². The van der Waals surface area contributed by atoms with Crippen LogP contribution < -0.4 is 10.6 Å². The monoisotopic (exact) mass is 436 g/mol. The third-order valence-electron chi connectivity index (χ3n) is 4.42. The first-order chi connectivity index (χ1) is 13.4. The van der Waals surface area contributed by atoms with Crippen LogP contribution in [0.1, 0.15) is 29.4 Å². The fourth-order valence-electron chi connectivity index (χ4n) is 2.85. The summed E-state index contributed by atoms with van der Waals surface area (Å²) in [6.07, 6.45) is 3.84. The minimum Gasteiger partial charge on any atom is -0.358 e. The molecule has 0 bridgehead atoms. The van der Waals surface area contributed by atoms with Gasteiger partial charge in [0, 0.05) is 34.9 Å². The molecule has 0 amide bonds. The van der Waals surface area contributed by atoms with Crippen molar-refractivity contribution in [3.8, 4) is 0 Å². The molecule has 0 aliphatic rings. The summed E-state index contributed by atoms with van der Waals surface area (Å²) in [6, 6.07) is 5.48. The van der Waals surface area contributed by atoms with E-state index in [1.165, 1.54) is 0 Å². The largest absolute Gasteiger partial charge is 0.358 e. The van der Waals surface area contributed by atoms with Gasteiger partial charge in [0.05, 0.1) is 29.8 Å². The molecule has 0 spiro atoms. The Balaban J connectivity index is 1.66. The Morgan fingerprint density at radius 1 is 1.25 bits per heavy atom. The third kappa shape index (κ3) is 4.84. The molecule has 0 saturated heterocycles. The molecule has 3 aromatic rings. The summed E-state index contributed by atoms with van der Waals surface area (Å²) in [5.41, 5.74) is 4.77. The van der Waals surface area contributed by atoms with Crippen molar-refractivity contribution in [3.05, 3.63) is 63.2 Å². The maximum absolute atomic E-state index is 6.30.